The minimum Gasteiger partial charge on any atom is -0.368 e. The lowest BCUT2D eigenvalue weighted by Gasteiger charge is -2.10. The van der Waals surface area contributed by atoms with Crippen LogP contribution in [0.5, 0.6) is 0 Å². The first-order valence-corrected chi connectivity index (χ1v) is 5.96. The summed E-state index contributed by atoms with van der Waals surface area (Å²) in [5.41, 5.74) is 0.981. The highest BCUT2D eigenvalue weighted by molar-refractivity contribution is 5.46. The van der Waals surface area contributed by atoms with Gasteiger partial charge in [0.05, 0.1) is 12.2 Å². The third-order valence-electron chi connectivity index (χ3n) is 2.28. The summed E-state index contributed by atoms with van der Waals surface area (Å²) < 4.78 is 0. The first kappa shape index (κ1) is 12.3. The molecule has 0 saturated heterocycles. The molecule has 0 radical (unpaired) electrons. The topological polar surface area (TPSA) is 62.7 Å². The van der Waals surface area contributed by atoms with Crippen LogP contribution in [0.15, 0.2) is 36.8 Å². The number of hydrogen-bond acceptors (Lipinski definition) is 5. The van der Waals surface area contributed by atoms with E-state index in [4.69, 9.17) is 0 Å². The Hall–Kier alpha value is -2.17. The van der Waals surface area contributed by atoms with Crippen LogP contribution >= 0.6 is 0 Å². The molecule has 2 N–H and O–H groups in total. The SMILES string of the molecule is CC(C)Nc1cc(NCc2ccccn2)ncn1. The Balaban J connectivity index is 1.97. The van der Waals surface area contributed by atoms with Crippen LogP contribution in [0, 0.1) is 0 Å². The van der Waals surface area contributed by atoms with Crippen molar-refractivity contribution in [3.05, 3.63) is 42.5 Å². The van der Waals surface area contributed by atoms with Gasteiger partial charge in [0.25, 0.3) is 0 Å². The van der Waals surface area contributed by atoms with Crippen LogP contribution in [-0.4, -0.2) is 21.0 Å². The third-order valence-corrected chi connectivity index (χ3v) is 2.28. The summed E-state index contributed by atoms with van der Waals surface area (Å²) in [4.78, 5) is 12.6. The second-order valence-electron chi connectivity index (χ2n) is 4.26. The van der Waals surface area contributed by atoms with Crippen molar-refractivity contribution in [2.24, 2.45) is 0 Å². The van der Waals surface area contributed by atoms with Crippen molar-refractivity contribution in [1.82, 2.24) is 15.0 Å². The van der Waals surface area contributed by atoms with Gasteiger partial charge in [-0.25, -0.2) is 9.97 Å². The number of anilines is 2. The molecule has 18 heavy (non-hydrogen) atoms. The summed E-state index contributed by atoms with van der Waals surface area (Å²) in [6.07, 6.45) is 3.33. The zero-order valence-corrected chi connectivity index (χ0v) is 10.6. The van der Waals surface area contributed by atoms with Crippen LogP contribution in [0.1, 0.15) is 19.5 Å². The fourth-order valence-corrected chi connectivity index (χ4v) is 1.51. The van der Waals surface area contributed by atoms with Crippen molar-refractivity contribution in [3.63, 3.8) is 0 Å². The van der Waals surface area contributed by atoms with Crippen molar-refractivity contribution in [2.45, 2.75) is 26.4 Å². The summed E-state index contributed by atoms with van der Waals surface area (Å²) in [7, 11) is 0. The van der Waals surface area contributed by atoms with Crippen molar-refractivity contribution in [1.29, 1.82) is 0 Å². The van der Waals surface area contributed by atoms with Crippen molar-refractivity contribution < 1.29 is 0 Å². The van der Waals surface area contributed by atoms with Crippen LogP contribution in [0.4, 0.5) is 11.6 Å². The highest BCUT2D eigenvalue weighted by Crippen LogP contribution is 2.10. The van der Waals surface area contributed by atoms with Gasteiger partial charge in [-0.1, -0.05) is 6.07 Å². The van der Waals surface area contributed by atoms with E-state index in [9.17, 15) is 0 Å². The Bertz CT molecular complexity index is 484. The van der Waals surface area contributed by atoms with Gasteiger partial charge in [-0.3, -0.25) is 4.98 Å². The summed E-state index contributed by atoms with van der Waals surface area (Å²) >= 11 is 0. The first-order valence-electron chi connectivity index (χ1n) is 5.96. The monoisotopic (exact) mass is 243 g/mol. The summed E-state index contributed by atoms with van der Waals surface area (Å²) in [6, 6.07) is 8.09. The number of nitrogens with one attached hydrogen (secondary N) is 2. The van der Waals surface area contributed by atoms with E-state index in [0.29, 0.717) is 12.6 Å². The zero-order valence-electron chi connectivity index (χ0n) is 10.6. The van der Waals surface area contributed by atoms with E-state index in [-0.39, 0.29) is 0 Å². The fraction of sp³-hybridized carbons (Fsp3) is 0.308. The highest BCUT2D eigenvalue weighted by atomic mass is 15.1. The number of aromatic nitrogens is 3. The molecule has 0 atom stereocenters. The van der Waals surface area contributed by atoms with Crippen molar-refractivity contribution >= 4 is 11.6 Å². The second kappa shape index (κ2) is 5.95. The van der Waals surface area contributed by atoms with Crippen LogP contribution in [-0.2, 0) is 6.54 Å². The maximum Gasteiger partial charge on any atom is 0.131 e. The van der Waals surface area contributed by atoms with E-state index in [1.807, 2.05) is 24.3 Å². The highest BCUT2D eigenvalue weighted by Gasteiger charge is 2.00. The largest absolute Gasteiger partial charge is 0.368 e. The molecule has 0 aliphatic carbocycles. The lowest BCUT2D eigenvalue weighted by atomic mass is 10.3. The Kier molecular flexibility index (Phi) is 4.06. The molecule has 0 aliphatic heterocycles. The quantitative estimate of drug-likeness (QED) is 0.843. The number of pyridine rings is 1. The van der Waals surface area contributed by atoms with E-state index < -0.39 is 0 Å². The van der Waals surface area contributed by atoms with Gasteiger partial charge in [0.2, 0.25) is 0 Å². The zero-order chi connectivity index (χ0) is 12.8. The first-order chi connectivity index (χ1) is 8.74. The van der Waals surface area contributed by atoms with Gasteiger partial charge in [-0.05, 0) is 26.0 Å². The second-order valence-corrected chi connectivity index (χ2v) is 4.26. The predicted octanol–water partition coefficient (Wildman–Crippen LogP) is 2.30. The molecule has 0 aliphatic rings. The summed E-state index contributed by atoms with van der Waals surface area (Å²) in [5, 5.41) is 6.46. The van der Waals surface area contributed by atoms with Gasteiger partial charge in [0.1, 0.15) is 18.0 Å². The molecule has 0 unspecified atom stereocenters. The Morgan fingerprint density at radius 3 is 2.67 bits per heavy atom. The fourth-order valence-electron chi connectivity index (χ4n) is 1.51. The minimum atomic E-state index is 0.351. The smallest absolute Gasteiger partial charge is 0.131 e. The lowest BCUT2D eigenvalue weighted by molar-refractivity contribution is 0.885. The molecule has 5 nitrogen and oxygen atoms in total. The molecule has 2 heterocycles. The van der Waals surface area contributed by atoms with Crippen LogP contribution in [0.2, 0.25) is 0 Å². The average Bonchev–Trinajstić information content (AvgIpc) is 2.37. The molecule has 2 aromatic heterocycles. The van der Waals surface area contributed by atoms with E-state index in [2.05, 4.69) is 39.4 Å². The Labute approximate surface area is 107 Å². The summed E-state index contributed by atoms with van der Waals surface area (Å²) in [5.74, 6) is 1.61. The van der Waals surface area contributed by atoms with Gasteiger partial charge in [0.15, 0.2) is 0 Å². The molecule has 5 heteroatoms. The molecular formula is C13H17N5. The van der Waals surface area contributed by atoms with Gasteiger partial charge >= 0.3 is 0 Å². The molecule has 0 fully saturated rings. The maximum absolute atomic E-state index is 4.24. The van der Waals surface area contributed by atoms with E-state index in [1.54, 1.807) is 12.5 Å². The van der Waals surface area contributed by atoms with Crippen molar-refractivity contribution in [3.8, 4) is 0 Å². The van der Waals surface area contributed by atoms with Crippen LogP contribution in [0.3, 0.4) is 0 Å². The lowest BCUT2D eigenvalue weighted by Crippen LogP contribution is -2.12. The third kappa shape index (κ3) is 3.69. The average molecular weight is 243 g/mol. The molecular weight excluding hydrogens is 226 g/mol. The van der Waals surface area contributed by atoms with Crippen LogP contribution < -0.4 is 10.6 Å². The number of nitrogens with zero attached hydrogens (tertiary/aromatic N) is 3. The predicted molar refractivity (Wildman–Crippen MR) is 72.4 cm³/mol. The maximum atomic E-state index is 4.24. The normalized spacial score (nSPS) is 10.4. The number of rotatable bonds is 5. The van der Waals surface area contributed by atoms with Gasteiger partial charge in [0, 0.05) is 18.3 Å². The van der Waals surface area contributed by atoms with E-state index >= 15 is 0 Å². The molecule has 2 aromatic rings. The van der Waals surface area contributed by atoms with Crippen molar-refractivity contribution in [2.75, 3.05) is 10.6 Å². The molecule has 94 valence electrons. The Morgan fingerprint density at radius 1 is 1.11 bits per heavy atom. The van der Waals surface area contributed by atoms with Gasteiger partial charge < -0.3 is 10.6 Å². The molecule has 0 bridgehead atoms. The number of hydrogen-bond donors (Lipinski definition) is 2. The van der Waals surface area contributed by atoms with E-state index in [0.717, 1.165) is 17.3 Å². The molecule has 0 aromatic carbocycles. The molecule has 0 saturated carbocycles. The molecule has 0 amide bonds. The Morgan fingerprint density at radius 2 is 1.94 bits per heavy atom. The standard InChI is InChI=1S/C13H17N5/c1-10(2)18-13-7-12(16-9-17-13)15-8-11-5-3-4-6-14-11/h3-7,9-10H,8H2,1-2H3,(H2,15,16,17,18). The van der Waals surface area contributed by atoms with Gasteiger partial charge in [-0.2, -0.15) is 0 Å². The molecule has 0 spiro atoms. The van der Waals surface area contributed by atoms with E-state index in [1.165, 1.54) is 0 Å². The van der Waals surface area contributed by atoms with Crippen LogP contribution in [0.25, 0.3) is 0 Å². The summed E-state index contributed by atoms with van der Waals surface area (Å²) in [6.45, 7) is 4.80. The van der Waals surface area contributed by atoms with Gasteiger partial charge in [-0.15, -0.1) is 0 Å². The minimum absolute atomic E-state index is 0.351. The molecule has 2 rings (SSSR count).